The van der Waals surface area contributed by atoms with Crippen molar-refractivity contribution < 1.29 is 27.7 Å². The summed E-state index contributed by atoms with van der Waals surface area (Å²) in [5.41, 5.74) is 4.53. The summed E-state index contributed by atoms with van der Waals surface area (Å²) < 4.78 is 42.8. The van der Waals surface area contributed by atoms with Gasteiger partial charge in [-0.1, -0.05) is 4.98 Å². The highest BCUT2D eigenvalue weighted by Crippen LogP contribution is 2.30. The number of rotatable bonds is 7. The standard InChI is InChI=1S/C25H31F3N8O2/c1-15-12-18(36-8-10-38-11-9-36)6-7-19(15)33-24-34-21-20(30-14-31-21)22(35-24)32-17-4-2-16(3-5-17)13-29-23(37)25(26,27)28/h6-7,12,14,16-17H,2-5,8-11,13H2,1H3,(H,29,37)(H3,30,31,32,33,34,35)/p+1. The zero-order valence-electron chi connectivity index (χ0n) is 21.1. The first-order valence-electron chi connectivity index (χ1n) is 12.8. The van der Waals surface area contributed by atoms with Gasteiger partial charge in [0, 0.05) is 37.1 Å². The Labute approximate surface area is 217 Å². The SMILES string of the molecule is Cc1cc(N2CCOCC2)ccc1Nc1nc(NC2CCC(CNC(=O)C(F)(F)F)CC2)c2[nH]c[nH+]c2n1. The van der Waals surface area contributed by atoms with Crippen molar-refractivity contribution in [3.8, 4) is 0 Å². The van der Waals surface area contributed by atoms with Crippen LogP contribution in [0.2, 0.25) is 0 Å². The first-order chi connectivity index (χ1) is 18.3. The topological polar surface area (TPSA) is 121 Å². The van der Waals surface area contributed by atoms with Gasteiger partial charge in [-0.2, -0.15) is 18.2 Å². The summed E-state index contributed by atoms with van der Waals surface area (Å²) in [6.45, 7) is 5.27. The van der Waals surface area contributed by atoms with Crippen LogP contribution in [-0.2, 0) is 9.53 Å². The summed E-state index contributed by atoms with van der Waals surface area (Å²) >= 11 is 0. The highest BCUT2D eigenvalue weighted by atomic mass is 19.4. The Morgan fingerprint density at radius 2 is 1.95 bits per heavy atom. The number of carbonyl (C=O) groups is 1. The van der Waals surface area contributed by atoms with Crippen molar-refractivity contribution in [3.05, 3.63) is 30.1 Å². The normalized spacial score (nSPS) is 20.4. The van der Waals surface area contributed by atoms with Gasteiger partial charge in [0.15, 0.2) is 12.1 Å². The molecule has 2 fully saturated rings. The lowest BCUT2D eigenvalue weighted by Gasteiger charge is -2.29. The number of alkyl halides is 3. The van der Waals surface area contributed by atoms with Crippen LogP contribution in [0.1, 0.15) is 31.2 Å². The number of aromatic nitrogens is 4. The molecule has 3 aromatic rings. The maximum Gasteiger partial charge on any atom is 0.471 e. The van der Waals surface area contributed by atoms with Crippen molar-refractivity contribution in [2.75, 3.05) is 48.4 Å². The predicted molar refractivity (Wildman–Crippen MR) is 136 cm³/mol. The maximum atomic E-state index is 12.4. The number of morpholine rings is 1. The maximum absolute atomic E-state index is 12.4. The number of fused-ring (bicyclic) bond motifs is 1. The van der Waals surface area contributed by atoms with Crippen LogP contribution in [0.3, 0.4) is 0 Å². The summed E-state index contributed by atoms with van der Waals surface area (Å²) in [6, 6.07) is 6.36. The van der Waals surface area contributed by atoms with Gasteiger partial charge in [0.05, 0.1) is 13.2 Å². The minimum atomic E-state index is -4.85. The summed E-state index contributed by atoms with van der Waals surface area (Å²) in [4.78, 5) is 29.0. The summed E-state index contributed by atoms with van der Waals surface area (Å²) in [5.74, 6) is -0.767. The molecule has 0 bridgehead atoms. The number of benzene rings is 1. The van der Waals surface area contributed by atoms with Crippen molar-refractivity contribution >= 4 is 40.2 Å². The second-order valence-electron chi connectivity index (χ2n) is 9.85. The lowest BCUT2D eigenvalue weighted by molar-refractivity contribution is -0.347. The van der Waals surface area contributed by atoms with Crippen LogP contribution in [0.5, 0.6) is 0 Å². The fourth-order valence-electron chi connectivity index (χ4n) is 5.01. The van der Waals surface area contributed by atoms with Gasteiger partial charge in [-0.3, -0.25) is 9.78 Å². The fraction of sp³-hybridized carbons (Fsp3) is 0.520. The molecule has 2 aliphatic rings. The van der Waals surface area contributed by atoms with E-state index in [0.29, 0.717) is 30.3 Å². The first kappa shape index (κ1) is 26.0. The number of ether oxygens (including phenoxy) is 1. The molecule has 204 valence electrons. The van der Waals surface area contributed by atoms with E-state index < -0.39 is 12.1 Å². The van der Waals surface area contributed by atoms with E-state index in [-0.39, 0.29) is 18.5 Å². The smallest absolute Gasteiger partial charge is 0.378 e. The van der Waals surface area contributed by atoms with Crippen molar-refractivity contribution in [2.24, 2.45) is 5.92 Å². The number of carbonyl (C=O) groups excluding carboxylic acids is 1. The number of halogens is 3. The number of amides is 1. The number of nitrogens with zero attached hydrogens (tertiary/aromatic N) is 3. The number of hydrogen-bond donors (Lipinski definition) is 4. The Hall–Kier alpha value is -3.61. The minimum Gasteiger partial charge on any atom is -0.378 e. The molecule has 1 aliphatic carbocycles. The fourth-order valence-corrected chi connectivity index (χ4v) is 5.01. The van der Waals surface area contributed by atoms with Gasteiger partial charge in [0.25, 0.3) is 0 Å². The zero-order valence-corrected chi connectivity index (χ0v) is 21.1. The second kappa shape index (κ2) is 11.0. The molecule has 0 unspecified atom stereocenters. The van der Waals surface area contributed by atoms with Crippen LogP contribution in [0, 0.1) is 12.8 Å². The third kappa shape index (κ3) is 6.09. The third-order valence-electron chi connectivity index (χ3n) is 7.16. The molecule has 38 heavy (non-hydrogen) atoms. The molecule has 0 atom stereocenters. The summed E-state index contributed by atoms with van der Waals surface area (Å²) in [5, 5.41) is 8.83. The molecule has 10 nitrogen and oxygen atoms in total. The average molecular weight is 534 g/mol. The van der Waals surface area contributed by atoms with E-state index in [2.05, 4.69) is 42.6 Å². The Bertz CT molecular complexity index is 1270. The summed E-state index contributed by atoms with van der Waals surface area (Å²) in [7, 11) is 0. The Morgan fingerprint density at radius 3 is 2.66 bits per heavy atom. The molecule has 2 aromatic heterocycles. The minimum absolute atomic E-state index is 0.0178. The highest BCUT2D eigenvalue weighted by Gasteiger charge is 2.38. The van der Waals surface area contributed by atoms with Crippen LogP contribution in [0.15, 0.2) is 24.5 Å². The molecule has 5 N–H and O–H groups in total. The van der Waals surface area contributed by atoms with E-state index in [4.69, 9.17) is 9.72 Å². The molecule has 1 aliphatic heterocycles. The third-order valence-corrected chi connectivity index (χ3v) is 7.16. The van der Waals surface area contributed by atoms with E-state index in [1.165, 1.54) is 0 Å². The molecule has 0 radical (unpaired) electrons. The van der Waals surface area contributed by atoms with Crippen molar-refractivity contribution in [2.45, 2.75) is 44.8 Å². The molecular formula is C25H32F3N8O2+. The molecule has 0 spiro atoms. The number of aryl methyl sites for hydroxylation is 1. The highest BCUT2D eigenvalue weighted by molar-refractivity contribution is 5.82. The average Bonchev–Trinajstić information content (AvgIpc) is 3.38. The molecule has 1 saturated heterocycles. The molecular weight excluding hydrogens is 501 g/mol. The van der Waals surface area contributed by atoms with Crippen molar-refractivity contribution in [1.82, 2.24) is 20.3 Å². The van der Waals surface area contributed by atoms with Gasteiger partial charge in [0.2, 0.25) is 5.52 Å². The van der Waals surface area contributed by atoms with Crippen LogP contribution >= 0.6 is 0 Å². The number of imidazole rings is 1. The molecule has 5 rings (SSSR count). The first-order valence-corrected chi connectivity index (χ1v) is 12.8. The van der Waals surface area contributed by atoms with E-state index in [0.717, 1.165) is 61.6 Å². The Balaban J connectivity index is 1.23. The molecule has 3 heterocycles. The molecule has 1 aromatic carbocycles. The Morgan fingerprint density at radius 1 is 1.18 bits per heavy atom. The van der Waals surface area contributed by atoms with Crippen LogP contribution in [0.25, 0.3) is 11.2 Å². The molecule has 13 heteroatoms. The number of H-pyrrole nitrogens is 2. The van der Waals surface area contributed by atoms with Crippen molar-refractivity contribution in [3.63, 3.8) is 0 Å². The van der Waals surface area contributed by atoms with Crippen LogP contribution < -0.4 is 25.8 Å². The van der Waals surface area contributed by atoms with Crippen LogP contribution in [0.4, 0.5) is 36.3 Å². The van der Waals surface area contributed by atoms with Gasteiger partial charge >= 0.3 is 23.7 Å². The number of hydrogen-bond acceptors (Lipinski definition) is 7. The van der Waals surface area contributed by atoms with Crippen LogP contribution in [-0.4, -0.2) is 65.9 Å². The van der Waals surface area contributed by atoms with Gasteiger partial charge in [-0.05, 0) is 62.3 Å². The monoisotopic (exact) mass is 533 g/mol. The summed E-state index contributed by atoms with van der Waals surface area (Å²) in [6.07, 6.45) is -0.224. The van der Waals surface area contributed by atoms with E-state index >= 15 is 0 Å². The predicted octanol–water partition coefficient (Wildman–Crippen LogP) is 3.31. The van der Waals surface area contributed by atoms with E-state index in [1.54, 1.807) is 6.33 Å². The second-order valence-corrected chi connectivity index (χ2v) is 9.85. The Kier molecular flexibility index (Phi) is 7.54. The zero-order chi connectivity index (χ0) is 26.7. The van der Waals surface area contributed by atoms with Gasteiger partial charge in [0.1, 0.15) is 0 Å². The number of anilines is 4. The number of aromatic amines is 2. The number of nitrogens with one attached hydrogen (secondary N) is 5. The largest absolute Gasteiger partial charge is 0.471 e. The van der Waals surface area contributed by atoms with E-state index in [1.807, 2.05) is 18.3 Å². The molecule has 1 saturated carbocycles. The lowest BCUT2D eigenvalue weighted by atomic mass is 9.86. The van der Waals surface area contributed by atoms with Gasteiger partial charge in [-0.25, -0.2) is 4.98 Å². The lowest BCUT2D eigenvalue weighted by Crippen LogP contribution is -2.40. The van der Waals surface area contributed by atoms with Gasteiger partial charge < -0.3 is 25.6 Å². The molecule has 1 amide bonds. The quantitative estimate of drug-likeness (QED) is 0.368. The van der Waals surface area contributed by atoms with E-state index in [9.17, 15) is 18.0 Å². The van der Waals surface area contributed by atoms with Crippen molar-refractivity contribution in [1.29, 1.82) is 0 Å². The van der Waals surface area contributed by atoms with Gasteiger partial charge in [-0.15, -0.1) is 0 Å².